The van der Waals surface area contributed by atoms with Gasteiger partial charge in [0.2, 0.25) is 11.8 Å². The summed E-state index contributed by atoms with van der Waals surface area (Å²) in [6, 6.07) is 7.32. The van der Waals surface area contributed by atoms with Crippen LogP contribution in [0.25, 0.3) is 0 Å². The van der Waals surface area contributed by atoms with Crippen LogP contribution in [0.4, 0.5) is 20.4 Å². The lowest BCUT2D eigenvalue weighted by atomic mass is 10.1. The second kappa shape index (κ2) is 15.6. The number of carbonyl (C=O) groups excluding carboxylic acids is 3. The quantitative estimate of drug-likeness (QED) is 0.217. The molecule has 0 spiro atoms. The standard InChI is InChI=1S/C22H28N6O5S.CH3NO2/c1-14(29)25-21-26-17(19(34-21)20(31)28(4)12-11-18(30)27(2)3)10-7-15-5-8-16(9-6-15)23-13-24-22(32)33;2-1(3)4/h5-6,8-9,13H,7,10-12H2,1-4H3,(H,23,24)(H,32,33)(H,25,26,29);2H2,(H,3,4). The minimum atomic E-state index is -1.33. The second-order valence-electron chi connectivity index (χ2n) is 7.96. The van der Waals surface area contributed by atoms with E-state index >= 15 is 0 Å². The molecule has 0 atom stereocenters. The van der Waals surface area contributed by atoms with Gasteiger partial charge in [-0.3, -0.25) is 14.4 Å². The summed E-state index contributed by atoms with van der Waals surface area (Å²) in [4.78, 5) is 66.6. The van der Waals surface area contributed by atoms with Crippen LogP contribution in [0.15, 0.2) is 29.3 Å². The number of thiazole rings is 1. The van der Waals surface area contributed by atoms with Gasteiger partial charge in [0.25, 0.3) is 5.91 Å². The van der Waals surface area contributed by atoms with Gasteiger partial charge in [0.05, 0.1) is 12.0 Å². The maximum atomic E-state index is 13.0. The molecule has 0 aliphatic heterocycles. The van der Waals surface area contributed by atoms with Crippen molar-refractivity contribution in [1.82, 2.24) is 14.8 Å². The number of primary amides is 1. The van der Waals surface area contributed by atoms with Crippen molar-refractivity contribution in [2.24, 2.45) is 10.7 Å². The SMILES string of the molecule is CC(=O)Nc1nc(CCc2ccc(NC=NC(=O)O)cc2)c(C(=O)N(C)CCC(=O)N(C)C)s1.NC(=O)O. The van der Waals surface area contributed by atoms with Gasteiger partial charge in [-0.15, -0.1) is 0 Å². The van der Waals surface area contributed by atoms with Crippen LogP contribution in [0.5, 0.6) is 0 Å². The number of hydrogen-bond donors (Lipinski definition) is 5. The Kier molecular flexibility index (Phi) is 12.9. The number of nitrogens with one attached hydrogen (secondary N) is 2. The van der Waals surface area contributed by atoms with Gasteiger partial charge in [-0.25, -0.2) is 14.6 Å². The largest absolute Gasteiger partial charge is 0.465 e. The first-order chi connectivity index (χ1) is 17.8. The molecule has 0 saturated carbocycles. The highest BCUT2D eigenvalue weighted by molar-refractivity contribution is 7.17. The van der Waals surface area contributed by atoms with Crippen LogP contribution >= 0.6 is 11.3 Å². The molecule has 2 rings (SSSR count). The van der Waals surface area contributed by atoms with Gasteiger partial charge >= 0.3 is 12.2 Å². The van der Waals surface area contributed by atoms with E-state index in [-0.39, 0.29) is 30.7 Å². The normalized spacial score (nSPS) is 10.2. The number of benzene rings is 1. The molecule has 0 saturated heterocycles. The summed E-state index contributed by atoms with van der Waals surface area (Å²) in [5.74, 6) is -0.609. The molecule has 15 heteroatoms. The van der Waals surface area contributed by atoms with Crippen LogP contribution in [0.3, 0.4) is 0 Å². The zero-order valence-corrected chi connectivity index (χ0v) is 22.2. The van der Waals surface area contributed by atoms with Crippen molar-refractivity contribution in [3.05, 3.63) is 40.4 Å². The molecule has 38 heavy (non-hydrogen) atoms. The minimum absolute atomic E-state index is 0.0738. The molecule has 1 aromatic carbocycles. The Hall–Kier alpha value is -4.53. The minimum Gasteiger partial charge on any atom is -0.465 e. The number of aromatic nitrogens is 1. The van der Waals surface area contributed by atoms with Crippen molar-refractivity contribution in [3.63, 3.8) is 0 Å². The van der Waals surface area contributed by atoms with E-state index in [1.807, 2.05) is 12.1 Å². The zero-order valence-electron chi connectivity index (χ0n) is 21.4. The average molecular weight is 550 g/mol. The topological polar surface area (TPSA) is 208 Å². The van der Waals surface area contributed by atoms with E-state index in [4.69, 9.17) is 15.0 Å². The van der Waals surface area contributed by atoms with Crippen molar-refractivity contribution < 1.29 is 34.2 Å². The van der Waals surface area contributed by atoms with Gasteiger partial charge in [-0.2, -0.15) is 4.99 Å². The molecule has 2 aromatic rings. The third kappa shape index (κ3) is 11.9. The van der Waals surface area contributed by atoms with Crippen molar-refractivity contribution in [3.8, 4) is 0 Å². The highest BCUT2D eigenvalue weighted by Crippen LogP contribution is 2.26. The van der Waals surface area contributed by atoms with Crippen LogP contribution in [0.1, 0.15) is 34.3 Å². The van der Waals surface area contributed by atoms with Gasteiger partial charge < -0.3 is 36.4 Å². The molecule has 1 aromatic heterocycles. The highest BCUT2D eigenvalue weighted by atomic mass is 32.1. The number of hydrogen-bond acceptors (Lipinski definition) is 7. The zero-order chi connectivity index (χ0) is 28.8. The van der Waals surface area contributed by atoms with E-state index in [9.17, 15) is 19.2 Å². The Morgan fingerprint density at radius 2 is 1.68 bits per heavy atom. The van der Waals surface area contributed by atoms with Crippen molar-refractivity contribution in [1.29, 1.82) is 0 Å². The Morgan fingerprint density at radius 1 is 1.08 bits per heavy atom. The van der Waals surface area contributed by atoms with Gasteiger partial charge in [0.1, 0.15) is 4.88 Å². The van der Waals surface area contributed by atoms with Crippen LogP contribution in [0.2, 0.25) is 0 Å². The Balaban J connectivity index is 0.00000168. The number of nitrogens with zero attached hydrogens (tertiary/aromatic N) is 4. The van der Waals surface area contributed by atoms with E-state index in [0.29, 0.717) is 34.2 Å². The Bertz CT molecular complexity index is 1160. The molecule has 6 N–H and O–H groups in total. The first-order valence-corrected chi connectivity index (χ1v) is 11.9. The summed E-state index contributed by atoms with van der Waals surface area (Å²) < 4.78 is 0. The molecule has 206 valence electrons. The Labute approximate surface area is 223 Å². The first kappa shape index (κ1) is 31.5. The number of nitrogens with two attached hydrogens (primary N) is 1. The number of amides is 5. The molecule has 0 fully saturated rings. The molecule has 0 aliphatic rings. The third-order valence-electron chi connectivity index (χ3n) is 4.69. The van der Waals surface area contributed by atoms with Gasteiger partial charge in [-0.1, -0.05) is 23.5 Å². The number of anilines is 2. The van der Waals surface area contributed by atoms with E-state index in [1.165, 1.54) is 16.7 Å². The highest BCUT2D eigenvalue weighted by Gasteiger charge is 2.22. The number of carbonyl (C=O) groups is 5. The predicted molar refractivity (Wildman–Crippen MR) is 143 cm³/mol. The number of aryl methyl sites for hydroxylation is 2. The van der Waals surface area contributed by atoms with Gasteiger partial charge in [0.15, 0.2) is 5.13 Å². The first-order valence-electron chi connectivity index (χ1n) is 11.1. The van der Waals surface area contributed by atoms with E-state index in [2.05, 4.69) is 26.3 Å². The fourth-order valence-corrected chi connectivity index (χ4v) is 3.90. The Morgan fingerprint density at radius 3 is 2.21 bits per heavy atom. The molecule has 0 aliphatic carbocycles. The summed E-state index contributed by atoms with van der Waals surface area (Å²) in [5.41, 5.74) is 6.26. The summed E-state index contributed by atoms with van der Waals surface area (Å²) in [6.45, 7) is 1.64. The predicted octanol–water partition coefficient (Wildman–Crippen LogP) is 2.18. The van der Waals surface area contributed by atoms with E-state index < -0.39 is 12.2 Å². The molecular weight excluding hydrogens is 518 g/mol. The number of aliphatic imine (C=N–C) groups is 1. The van der Waals surface area contributed by atoms with Crippen molar-refractivity contribution in [2.75, 3.05) is 38.3 Å². The molecule has 1 heterocycles. The van der Waals surface area contributed by atoms with Crippen LogP contribution < -0.4 is 16.4 Å². The summed E-state index contributed by atoms with van der Waals surface area (Å²) in [7, 11) is 4.96. The van der Waals surface area contributed by atoms with E-state index in [0.717, 1.165) is 23.2 Å². The fourth-order valence-electron chi connectivity index (χ4n) is 2.85. The maximum absolute atomic E-state index is 13.0. The molecule has 0 bridgehead atoms. The monoisotopic (exact) mass is 549 g/mol. The van der Waals surface area contributed by atoms with Crippen LogP contribution in [-0.4, -0.2) is 88.9 Å². The fraction of sp³-hybridized carbons (Fsp3) is 0.348. The lowest BCUT2D eigenvalue weighted by Crippen LogP contribution is -2.32. The third-order valence-corrected chi connectivity index (χ3v) is 5.69. The van der Waals surface area contributed by atoms with Crippen molar-refractivity contribution in [2.45, 2.75) is 26.2 Å². The molecule has 0 radical (unpaired) electrons. The van der Waals surface area contributed by atoms with E-state index in [1.54, 1.807) is 33.3 Å². The summed E-state index contributed by atoms with van der Waals surface area (Å²) in [6.07, 6.45) is -0.257. The number of carboxylic acid groups (broad SMARTS) is 2. The lowest BCUT2D eigenvalue weighted by Gasteiger charge is -2.18. The maximum Gasteiger partial charge on any atom is 0.432 e. The van der Waals surface area contributed by atoms with Crippen molar-refractivity contribution >= 4 is 58.4 Å². The molecule has 14 nitrogen and oxygen atoms in total. The second-order valence-corrected chi connectivity index (χ2v) is 8.96. The van der Waals surface area contributed by atoms with Gasteiger partial charge in [0, 0.05) is 46.7 Å². The van der Waals surface area contributed by atoms with Crippen LogP contribution in [0, 0.1) is 0 Å². The van der Waals surface area contributed by atoms with Crippen LogP contribution in [-0.2, 0) is 22.4 Å². The lowest BCUT2D eigenvalue weighted by molar-refractivity contribution is -0.128. The number of rotatable bonds is 10. The molecular formula is C23H31N7O7S. The summed E-state index contributed by atoms with van der Waals surface area (Å²) >= 11 is 1.11. The van der Waals surface area contributed by atoms with Gasteiger partial charge in [-0.05, 0) is 30.5 Å². The average Bonchev–Trinajstić information content (AvgIpc) is 3.22. The smallest absolute Gasteiger partial charge is 0.432 e. The molecule has 5 amide bonds. The molecule has 0 unspecified atom stereocenters. The summed E-state index contributed by atoms with van der Waals surface area (Å²) in [5, 5.41) is 21.5.